The summed E-state index contributed by atoms with van der Waals surface area (Å²) in [5, 5.41) is 12.9. The fourth-order valence-corrected chi connectivity index (χ4v) is 3.20. The maximum atomic E-state index is 9.45. The van der Waals surface area contributed by atoms with Crippen molar-refractivity contribution >= 4 is 5.69 Å². The molecule has 2 N–H and O–H groups in total. The van der Waals surface area contributed by atoms with Gasteiger partial charge in [-0.1, -0.05) is 12.8 Å². The van der Waals surface area contributed by atoms with Crippen molar-refractivity contribution < 1.29 is 14.6 Å². The second kappa shape index (κ2) is 6.35. The molecule has 2 unspecified atom stereocenters. The van der Waals surface area contributed by atoms with Crippen molar-refractivity contribution in [1.29, 1.82) is 0 Å². The highest BCUT2D eigenvalue weighted by molar-refractivity contribution is 5.55. The van der Waals surface area contributed by atoms with Crippen LogP contribution in [0.5, 0.6) is 11.5 Å². The zero-order valence-corrected chi connectivity index (χ0v) is 11.8. The van der Waals surface area contributed by atoms with Crippen LogP contribution >= 0.6 is 0 Å². The van der Waals surface area contributed by atoms with Gasteiger partial charge in [-0.25, -0.2) is 0 Å². The second-order valence-corrected chi connectivity index (χ2v) is 5.73. The van der Waals surface area contributed by atoms with Gasteiger partial charge < -0.3 is 19.9 Å². The topological polar surface area (TPSA) is 50.7 Å². The minimum Gasteiger partial charge on any atom is -0.486 e. The Kier molecular flexibility index (Phi) is 4.31. The second-order valence-electron chi connectivity index (χ2n) is 5.73. The molecule has 1 saturated carbocycles. The summed E-state index contributed by atoms with van der Waals surface area (Å²) in [5.74, 6) is 2.67. The van der Waals surface area contributed by atoms with Crippen LogP contribution in [0.3, 0.4) is 0 Å². The minimum atomic E-state index is 0.313. The number of fused-ring (bicyclic) bond motifs is 1. The molecule has 0 amide bonds. The van der Waals surface area contributed by atoms with E-state index in [2.05, 4.69) is 5.32 Å². The Labute approximate surface area is 120 Å². The van der Waals surface area contributed by atoms with Gasteiger partial charge in [0.1, 0.15) is 13.2 Å². The van der Waals surface area contributed by atoms with Crippen LogP contribution in [0.4, 0.5) is 5.69 Å². The van der Waals surface area contributed by atoms with Gasteiger partial charge in [-0.3, -0.25) is 0 Å². The third-order valence-electron chi connectivity index (χ3n) is 4.41. The predicted octanol–water partition coefficient (Wildman–Crippen LogP) is 2.67. The van der Waals surface area contributed by atoms with Gasteiger partial charge in [-0.2, -0.15) is 0 Å². The van der Waals surface area contributed by atoms with E-state index in [9.17, 15) is 5.11 Å². The van der Waals surface area contributed by atoms with Crippen molar-refractivity contribution in [3.05, 3.63) is 18.2 Å². The average Bonchev–Trinajstić information content (AvgIpc) is 2.53. The zero-order valence-electron chi connectivity index (χ0n) is 11.8. The zero-order chi connectivity index (χ0) is 13.8. The van der Waals surface area contributed by atoms with E-state index >= 15 is 0 Å². The Morgan fingerprint density at radius 3 is 2.60 bits per heavy atom. The highest BCUT2D eigenvalue weighted by atomic mass is 16.6. The molecule has 0 bridgehead atoms. The monoisotopic (exact) mass is 277 g/mol. The number of nitrogens with one attached hydrogen (secondary N) is 1. The molecule has 0 saturated heterocycles. The first-order valence-electron chi connectivity index (χ1n) is 7.61. The number of hydrogen-bond acceptors (Lipinski definition) is 4. The Morgan fingerprint density at radius 1 is 1.05 bits per heavy atom. The molecule has 0 aromatic heterocycles. The molecule has 0 spiro atoms. The normalized spacial score (nSPS) is 25.2. The molecule has 3 rings (SSSR count). The van der Waals surface area contributed by atoms with E-state index in [1.807, 2.05) is 18.2 Å². The van der Waals surface area contributed by atoms with Crippen molar-refractivity contribution in [3.63, 3.8) is 0 Å². The molecule has 1 aromatic rings. The maximum absolute atomic E-state index is 9.45. The van der Waals surface area contributed by atoms with Crippen LogP contribution in [0, 0.1) is 11.8 Å². The molecular formula is C16H23NO3. The van der Waals surface area contributed by atoms with Gasteiger partial charge in [-0.05, 0) is 36.8 Å². The van der Waals surface area contributed by atoms with Crippen LogP contribution in [-0.2, 0) is 0 Å². The van der Waals surface area contributed by atoms with E-state index in [0.29, 0.717) is 31.7 Å². The number of benzene rings is 1. The van der Waals surface area contributed by atoms with Gasteiger partial charge in [0.15, 0.2) is 11.5 Å². The lowest BCUT2D eigenvalue weighted by Crippen LogP contribution is -2.28. The van der Waals surface area contributed by atoms with Crippen molar-refractivity contribution in [1.82, 2.24) is 0 Å². The van der Waals surface area contributed by atoms with Crippen molar-refractivity contribution in [2.45, 2.75) is 25.7 Å². The Hall–Kier alpha value is -1.42. The molecule has 2 aliphatic rings. The molecule has 1 aromatic carbocycles. The largest absolute Gasteiger partial charge is 0.486 e. The maximum Gasteiger partial charge on any atom is 0.163 e. The summed E-state index contributed by atoms with van der Waals surface area (Å²) in [6.07, 6.45) is 4.91. The Bertz CT molecular complexity index is 449. The summed E-state index contributed by atoms with van der Waals surface area (Å²) in [7, 11) is 0. The highest BCUT2D eigenvalue weighted by Crippen LogP contribution is 2.34. The Morgan fingerprint density at radius 2 is 1.80 bits per heavy atom. The summed E-state index contributed by atoms with van der Waals surface area (Å²) in [5.41, 5.74) is 1.07. The van der Waals surface area contributed by atoms with Crippen LogP contribution in [0.1, 0.15) is 25.7 Å². The first kappa shape index (κ1) is 13.6. The van der Waals surface area contributed by atoms with Gasteiger partial charge in [0, 0.05) is 24.9 Å². The lowest BCUT2D eigenvalue weighted by Gasteiger charge is -2.30. The van der Waals surface area contributed by atoms with E-state index in [0.717, 1.165) is 30.2 Å². The predicted molar refractivity (Wildman–Crippen MR) is 78.5 cm³/mol. The summed E-state index contributed by atoms with van der Waals surface area (Å²) >= 11 is 0. The van der Waals surface area contributed by atoms with Gasteiger partial charge in [0.05, 0.1) is 0 Å². The molecule has 2 atom stereocenters. The molecule has 4 nitrogen and oxygen atoms in total. The molecule has 1 fully saturated rings. The molecule has 0 radical (unpaired) electrons. The van der Waals surface area contributed by atoms with Gasteiger partial charge in [-0.15, -0.1) is 0 Å². The minimum absolute atomic E-state index is 0.313. The lowest BCUT2D eigenvalue weighted by atomic mass is 9.79. The first-order valence-corrected chi connectivity index (χ1v) is 7.61. The third-order valence-corrected chi connectivity index (χ3v) is 4.41. The number of aliphatic hydroxyl groups is 1. The highest BCUT2D eigenvalue weighted by Gasteiger charge is 2.24. The number of ether oxygens (including phenoxy) is 2. The van der Waals surface area contributed by atoms with Crippen molar-refractivity contribution in [3.8, 4) is 11.5 Å². The lowest BCUT2D eigenvalue weighted by molar-refractivity contribution is 0.141. The molecule has 110 valence electrons. The number of anilines is 1. The molecule has 1 aliphatic heterocycles. The van der Waals surface area contributed by atoms with E-state index in [1.54, 1.807) is 0 Å². The molecule has 1 aliphatic carbocycles. The van der Waals surface area contributed by atoms with Gasteiger partial charge in [0.25, 0.3) is 0 Å². The van der Waals surface area contributed by atoms with E-state index < -0.39 is 0 Å². The van der Waals surface area contributed by atoms with Crippen LogP contribution in [-0.4, -0.2) is 31.5 Å². The number of aliphatic hydroxyl groups excluding tert-OH is 1. The fourth-order valence-electron chi connectivity index (χ4n) is 3.20. The summed E-state index contributed by atoms with van der Waals surface area (Å²) < 4.78 is 11.1. The molecule has 4 heteroatoms. The summed E-state index contributed by atoms with van der Waals surface area (Å²) in [6, 6.07) is 6.00. The average molecular weight is 277 g/mol. The molecule has 20 heavy (non-hydrogen) atoms. The van der Waals surface area contributed by atoms with Crippen molar-refractivity contribution in [2.24, 2.45) is 11.8 Å². The van der Waals surface area contributed by atoms with E-state index in [4.69, 9.17) is 9.47 Å². The quantitative estimate of drug-likeness (QED) is 0.888. The molecule has 1 heterocycles. The van der Waals surface area contributed by atoms with Crippen molar-refractivity contribution in [2.75, 3.05) is 31.7 Å². The van der Waals surface area contributed by atoms with E-state index in [-0.39, 0.29) is 0 Å². The number of hydrogen-bond donors (Lipinski definition) is 2. The van der Waals surface area contributed by atoms with Crippen LogP contribution in [0.15, 0.2) is 18.2 Å². The molecular weight excluding hydrogens is 254 g/mol. The van der Waals surface area contributed by atoms with Crippen LogP contribution in [0.2, 0.25) is 0 Å². The van der Waals surface area contributed by atoms with Crippen LogP contribution in [0.25, 0.3) is 0 Å². The summed E-state index contributed by atoms with van der Waals surface area (Å²) in [6.45, 7) is 2.48. The first-order chi connectivity index (χ1) is 9.86. The standard InChI is InChI=1S/C16H23NO3/c18-11-13-4-2-1-3-12(13)10-17-14-5-6-15-16(9-14)20-8-7-19-15/h5-6,9,12-13,17-18H,1-4,7-8,10-11H2. The van der Waals surface area contributed by atoms with Gasteiger partial charge in [0.2, 0.25) is 0 Å². The number of rotatable bonds is 4. The van der Waals surface area contributed by atoms with Crippen LogP contribution < -0.4 is 14.8 Å². The van der Waals surface area contributed by atoms with Gasteiger partial charge >= 0.3 is 0 Å². The fraction of sp³-hybridized carbons (Fsp3) is 0.625. The smallest absolute Gasteiger partial charge is 0.163 e. The SMILES string of the molecule is OCC1CCCCC1CNc1ccc2c(c1)OCCO2. The summed E-state index contributed by atoms with van der Waals surface area (Å²) in [4.78, 5) is 0. The van der Waals surface area contributed by atoms with E-state index in [1.165, 1.54) is 19.3 Å². The third kappa shape index (κ3) is 3.01. The Balaban J connectivity index is 1.60.